The van der Waals surface area contributed by atoms with E-state index in [9.17, 15) is 14.4 Å². The number of benzene rings is 2. The molecule has 2 heterocycles. The lowest BCUT2D eigenvalue weighted by Gasteiger charge is -2.12. The Bertz CT molecular complexity index is 1320. The van der Waals surface area contributed by atoms with Crippen molar-refractivity contribution in [3.8, 4) is 0 Å². The number of fused-ring (bicyclic) bond motifs is 1. The second-order valence-electron chi connectivity index (χ2n) is 6.81. The molecule has 0 radical (unpaired) electrons. The van der Waals surface area contributed by atoms with Gasteiger partial charge >= 0.3 is 5.69 Å². The Labute approximate surface area is 179 Å². The van der Waals surface area contributed by atoms with Gasteiger partial charge in [0.2, 0.25) is 0 Å². The standard InChI is InChI=1S/C22H17BrN2O3S/c1-14-2-4-15(5-3-14)12-25-21(27)20-18(10-11-29-20)24(22(25)28)13-19(26)16-6-8-17(23)9-7-16/h2-11H,12-13H2,1H3. The molecule has 0 saturated heterocycles. The summed E-state index contributed by atoms with van der Waals surface area (Å²) in [6, 6.07) is 16.4. The van der Waals surface area contributed by atoms with Gasteiger partial charge in [-0.1, -0.05) is 57.9 Å². The zero-order valence-electron chi connectivity index (χ0n) is 15.6. The number of hydrogen-bond donors (Lipinski definition) is 0. The first-order valence-corrected chi connectivity index (χ1v) is 10.7. The highest BCUT2D eigenvalue weighted by molar-refractivity contribution is 9.10. The summed E-state index contributed by atoms with van der Waals surface area (Å²) < 4.78 is 3.95. The minimum absolute atomic E-state index is 0.123. The fraction of sp³-hybridized carbons (Fsp3) is 0.136. The van der Waals surface area contributed by atoms with Crippen molar-refractivity contribution in [2.24, 2.45) is 0 Å². The maximum Gasteiger partial charge on any atom is 0.332 e. The Balaban J connectivity index is 1.79. The van der Waals surface area contributed by atoms with E-state index in [4.69, 9.17) is 0 Å². The molecule has 0 unspecified atom stereocenters. The van der Waals surface area contributed by atoms with Crippen molar-refractivity contribution < 1.29 is 4.79 Å². The zero-order chi connectivity index (χ0) is 20.5. The van der Waals surface area contributed by atoms with E-state index in [2.05, 4.69) is 15.9 Å². The number of carbonyl (C=O) groups excluding carboxylic acids is 1. The molecular weight excluding hydrogens is 452 g/mol. The highest BCUT2D eigenvalue weighted by Gasteiger charge is 2.17. The van der Waals surface area contributed by atoms with E-state index in [0.717, 1.165) is 15.6 Å². The van der Waals surface area contributed by atoms with Crippen LogP contribution >= 0.6 is 27.3 Å². The average Bonchev–Trinajstić information content (AvgIpc) is 3.20. The van der Waals surface area contributed by atoms with Gasteiger partial charge in [-0.25, -0.2) is 4.79 Å². The molecule has 0 saturated carbocycles. The van der Waals surface area contributed by atoms with Gasteiger partial charge in [-0.15, -0.1) is 11.3 Å². The Morgan fingerprint density at radius 3 is 2.34 bits per heavy atom. The Morgan fingerprint density at radius 2 is 1.66 bits per heavy atom. The number of carbonyl (C=O) groups is 1. The van der Waals surface area contributed by atoms with Gasteiger partial charge in [0, 0.05) is 10.0 Å². The van der Waals surface area contributed by atoms with Gasteiger partial charge in [0.25, 0.3) is 5.56 Å². The van der Waals surface area contributed by atoms with E-state index in [1.54, 1.807) is 35.7 Å². The number of nitrogens with zero attached hydrogens (tertiary/aromatic N) is 2. The van der Waals surface area contributed by atoms with E-state index >= 15 is 0 Å². The van der Waals surface area contributed by atoms with Crippen LogP contribution in [0.25, 0.3) is 10.2 Å². The number of thiophene rings is 1. The molecular formula is C22H17BrN2O3S. The molecule has 0 N–H and O–H groups in total. The fourth-order valence-corrected chi connectivity index (χ4v) is 4.28. The van der Waals surface area contributed by atoms with Crippen LogP contribution in [0.5, 0.6) is 0 Å². The van der Waals surface area contributed by atoms with Crippen LogP contribution in [-0.2, 0) is 13.1 Å². The van der Waals surface area contributed by atoms with Crippen LogP contribution < -0.4 is 11.2 Å². The number of rotatable bonds is 5. The summed E-state index contributed by atoms with van der Waals surface area (Å²) >= 11 is 4.63. The molecule has 0 aliphatic rings. The minimum Gasteiger partial charge on any atom is -0.292 e. The van der Waals surface area contributed by atoms with Crippen molar-refractivity contribution in [2.45, 2.75) is 20.0 Å². The van der Waals surface area contributed by atoms with Crippen LogP contribution in [-0.4, -0.2) is 14.9 Å². The van der Waals surface area contributed by atoms with Gasteiger partial charge in [-0.3, -0.25) is 18.7 Å². The molecule has 0 bridgehead atoms. The maximum absolute atomic E-state index is 13.2. The van der Waals surface area contributed by atoms with Gasteiger partial charge in [0.05, 0.1) is 18.6 Å². The lowest BCUT2D eigenvalue weighted by molar-refractivity contribution is 0.0971. The quantitative estimate of drug-likeness (QED) is 0.411. The van der Waals surface area contributed by atoms with Crippen LogP contribution in [0.1, 0.15) is 21.5 Å². The summed E-state index contributed by atoms with van der Waals surface area (Å²) in [6.07, 6.45) is 0. The van der Waals surface area contributed by atoms with Gasteiger partial charge < -0.3 is 0 Å². The summed E-state index contributed by atoms with van der Waals surface area (Å²) in [6.45, 7) is 2.02. The minimum atomic E-state index is -0.480. The molecule has 2 aromatic heterocycles. The summed E-state index contributed by atoms with van der Waals surface area (Å²) in [4.78, 5) is 38.8. The largest absolute Gasteiger partial charge is 0.332 e. The van der Waals surface area contributed by atoms with Gasteiger partial charge in [0.15, 0.2) is 5.78 Å². The molecule has 7 heteroatoms. The van der Waals surface area contributed by atoms with E-state index in [1.165, 1.54) is 20.5 Å². The first-order valence-electron chi connectivity index (χ1n) is 8.99. The topological polar surface area (TPSA) is 61.1 Å². The molecule has 0 amide bonds. The van der Waals surface area contributed by atoms with Crippen molar-refractivity contribution in [1.29, 1.82) is 0 Å². The summed E-state index contributed by atoms with van der Waals surface area (Å²) in [7, 11) is 0. The lowest BCUT2D eigenvalue weighted by atomic mass is 10.1. The molecule has 0 fully saturated rings. The van der Waals surface area contributed by atoms with Gasteiger partial charge in [0.1, 0.15) is 4.70 Å². The highest BCUT2D eigenvalue weighted by atomic mass is 79.9. The second-order valence-corrected chi connectivity index (χ2v) is 8.64. The number of aromatic nitrogens is 2. The third-order valence-corrected chi connectivity index (χ3v) is 6.19. The van der Waals surface area contributed by atoms with Crippen LogP contribution in [0.4, 0.5) is 0 Å². The average molecular weight is 469 g/mol. The molecule has 0 spiro atoms. The van der Waals surface area contributed by atoms with Gasteiger partial charge in [-0.2, -0.15) is 0 Å². The normalized spacial score (nSPS) is 11.1. The number of halogens is 1. The molecule has 146 valence electrons. The third kappa shape index (κ3) is 3.88. The molecule has 0 atom stereocenters. The van der Waals surface area contributed by atoms with Crippen LogP contribution in [0.3, 0.4) is 0 Å². The van der Waals surface area contributed by atoms with E-state index in [-0.39, 0.29) is 24.4 Å². The lowest BCUT2D eigenvalue weighted by Crippen LogP contribution is -2.40. The number of hydrogen-bond acceptors (Lipinski definition) is 4. The number of ketones is 1. The Kier molecular flexibility index (Phi) is 5.34. The number of aryl methyl sites for hydroxylation is 1. The second kappa shape index (κ2) is 7.93. The summed E-state index contributed by atoms with van der Waals surface area (Å²) in [5, 5.41) is 1.77. The zero-order valence-corrected chi connectivity index (χ0v) is 18.0. The first-order chi connectivity index (χ1) is 13.9. The van der Waals surface area contributed by atoms with Crippen molar-refractivity contribution in [1.82, 2.24) is 9.13 Å². The monoisotopic (exact) mass is 468 g/mol. The van der Waals surface area contributed by atoms with Crippen molar-refractivity contribution in [3.05, 3.63) is 102 Å². The molecule has 29 heavy (non-hydrogen) atoms. The predicted molar refractivity (Wildman–Crippen MR) is 119 cm³/mol. The summed E-state index contributed by atoms with van der Waals surface area (Å²) in [5.74, 6) is -0.187. The van der Waals surface area contributed by atoms with Crippen LogP contribution in [0.15, 0.2) is 74.0 Å². The molecule has 2 aromatic carbocycles. The van der Waals surface area contributed by atoms with Gasteiger partial charge in [-0.05, 0) is 36.1 Å². The van der Waals surface area contributed by atoms with E-state index < -0.39 is 5.69 Å². The Hall–Kier alpha value is -2.77. The molecule has 4 rings (SSSR count). The van der Waals surface area contributed by atoms with Crippen molar-refractivity contribution in [3.63, 3.8) is 0 Å². The SMILES string of the molecule is Cc1ccc(Cn2c(=O)c3sccc3n(CC(=O)c3ccc(Br)cc3)c2=O)cc1. The van der Waals surface area contributed by atoms with Crippen molar-refractivity contribution in [2.75, 3.05) is 0 Å². The van der Waals surface area contributed by atoms with Crippen molar-refractivity contribution >= 4 is 43.3 Å². The van der Waals surface area contributed by atoms with Crippen LogP contribution in [0, 0.1) is 6.92 Å². The smallest absolute Gasteiger partial charge is 0.292 e. The first kappa shape index (κ1) is 19.5. The predicted octanol–water partition coefficient (Wildman–Crippen LogP) is 4.23. The third-order valence-electron chi connectivity index (χ3n) is 4.77. The van der Waals surface area contributed by atoms with Crippen LogP contribution in [0.2, 0.25) is 0 Å². The van der Waals surface area contributed by atoms with E-state index in [0.29, 0.717) is 15.8 Å². The molecule has 0 aliphatic heterocycles. The number of Topliss-reactive ketones (excluding diaryl/α,β-unsaturated/α-hetero) is 1. The molecule has 4 aromatic rings. The molecule has 0 aliphatic carbocycles. The molecule has 5 nitrogen and oxygen atoms in total. The fourth-order valence-electron chi connectivity index (χ4n) is 3.17. The van der Waals surface area contributed by atoms with E-state index in [1.807, 2.05) is 31.2 Å². The summed E-state index contributed by atoms with van der Waals surface area (Å²) in [5.41, 5.74) is 2.17. The maximum atomic E-state index is 13.2. The highest BCUT2D eigenvalue weighted by Crippen LogP contribution is 2.17. The Morgan fingerprint density at radius 1 is 0.966 bits per heavy atom.